The first-order valence-electron chi connectivity index (χ1n) is 15.0. The molecule has 0 aliphatic heterocycles. The van der Waals surface area contributed by atoms with Crippen LogP contribution in [0.5, 0.6) is 0 Å². The van der Waals surface area contributed by atoms with Crippen molar-refractivity contribution in [2.75, 3.05) is 4.90 Å². The highest BCUT2D eigenvalue weighted by Gasteiger charge is 2.35. The van der Waals surface area contributed by atoms with Gasteiger partial charge in [-0.15, -0.1) is 0 Å². The van der Waals surface area contributed by atoms with Gasteiger partial charge in [-0.2, -0.15) is 0 Å². The minimum Gasteiger partial charge on any atom is -0.310 e. The Kier molecular flexibility index (Phi) is 6.59. The molecule has 0 heterocycles. The molecule has 208 valence electrons. The van der Waals surface area contributed by atoms with Crippen molar-refractivity contribution in [3.63, 3.8) is 0 Å². The Balaban J connectivity index is 1.26. The minimum atomic E-state index is -0.0607. The van der Waals surface area contributed by atoms with E-state index in [0.29, 0.717) is 0 Å². The van der Waals surface area contributed by atoms with Gasteiger partial charge in [-0.25, -0.2) is 0 Å². The number of hydrogen-bond donors (Lipinski definition) is 0. The van der Waals surface area contributed by atoms with Gasteiger partial charge in [0.15, 0.2) is 0 Å². The second-order valence-corrected chi connectivity index (χ2v) is 12.0. The number of nitrogens with zero attached hydrogens (tertiary/aromatic N) is 1. The lowest BCUT2D eigenvalue weighted by atomic mass is 9.82. The van der Waals surface area contributed by atoms with Gasteiger partial charge in [-0.05, 0) is 93.4 Å². The van der Waals surface area contributed by atoms with Crippen LogP contribution in [0.15, 0.2) is 146 Å². The average Bonchev–Trinajstić information content (AvgIpc) is 3.28. The fraction of sp³-hybridized carbons (Fsp3) is 0.0952. The third kappa shape index (κ3) is 4.77. The topological polar surface area (TPSA) is 3.24 Å². The van der Waals surface area contributed by atoms with E-state index in [4.69, 9.17) is 0 Å². The van der Waals surface area contributed by atoms with Crippen LogP contribution in [0.1, 0.15) is 36.1 Å². The van der Waals surface area contributed by atoms with Gasteiger partial charge in [0.05, 0.1) is 0 Å². The van der Waals surface area contributed by atoms with Crippen molar-refractivity contribution in [3.05, 3.63) is 168 Å². The normalized spacial score (nSPS) is 12.8. The monoisotopic (exact) mass is 553 g/mol. The number of benzene rings is 6. The summed E-state index contributed by atoms with van der Waals surface area (Å²) in [6.45, 7) is 10.8. The Hall–Kier alpha value is -5.14. The van der Waals surface area contributed by atoms with Crippen LogP contribution in [0, 0.1) is 6.92 Å². The fourth-order valence-electron chi connectivity index (χ4n) is 6.52. The van der Waals surface area contributed by atoms with Crippen molar-refractivity contribution in [3.8, 4) is 33.4 Å². The summed E-state index contributed by atoms with van der Waals surface area (Å²) in [5.41, 5.74) is 16.0. The van der Waals surface area contributed by atoms with Gasteiger partial charge in [0.2, 0.25) is 0 Å². The van der Waals surface area contributed by atoms with Crippen molar-refractivity contribution in [2.24, 2.45) is 0 Å². The number of rotatable bonds is 6. The van der Waals surface area contributed by atoms with Crippen LogP contribution >= 0.6 is 0 Å². The third-order valence-corrected chi connectivity index (χ3v) is 8.91. The first-order valence-corrected chi connectivity index (χ1v) is 15.0. The molecule has 1 aliphatic carbocycles. The molecule has 0 fully saturated rings. The van der Waals surface area contributed by atoms with Gasteiger partial charge in [-0.3, -0.25) is 0 Å². The summed E-state index contributed by atoms with van der Waals surface area (Å²) in [6, 6.07) is 50.9. The summed E-state index contributed by atoms with van der Waals surface area (Å²) >= 11 is 0. The molecule has 43 heavy (non-hydrogen) atoms. The van der Waals surface area contributed by atoms with Crippen molar-refractivity contribution in [1.29, 1.82) is 0 Å². The lowest BCUT2D eigenvalue weighted by Gasteiger charge is -2.28. The molecule has 6 aromatic carbocycles. The average molecular weight is 554 g/mol. The Bertz CT molecular complexity index is 1940. The maximum atomic E-state index is 3.95. The molecule has 0 saturated carbocycles. The van der Waals surface area contributed by atoms with E-state index in [9.17, 15) is 0 Å². The van der Waals surface area contributed by atoms with Crippen molar-refractivity contribution >= 4 is 23.1 Å². The molecule has 0 aromatic heterocycles. The molecule has 0 atom stereocenters. The van der Waals surface area contributed by atoms with Crippen molar-refractivity contribution in [2.45, 2.75) is 26.2 Å². The van der Waals surface area contributed by atoms with E-state index in [1.807, 2.05) is 6.08 Å². The molecule has 0 radical (unpaired) electrons. The molecule has 1 heteroatoms. The summed E-state index contributed by atoms with van der Waals surface area (Å²) < 4.78 is 0. The van der Waals surface area contributed by atoms with E-state index >= 15 is 0 Å². The van der Waals surface area contributed by atoms with Crippen molar-refractivity contribution in [1.82, 2.24) is 0 Å². The van der Waals surface area contributed by atoms with E-state index in [1.54, 1.807) is 0 Å². The Morgan fingerprint density at radius 1 is 0.512 bits per heavy atom. The van der Waals surface area contributed by atoms with Crippen LogP contribution in [0.3, 0.4) is 0 Å². The lowest BCUT2D eigenvalue weighted by molar-refractivity contribution is 0.660. The molecule has 0 spiro atoms. The summed E-state index contributed by atoms with van der Waals surface area (Å²) in [5, 5.41) is 0. The molecule has 7 rings (SSSR count). The Morgan fingerprint density at radius 3 is 1.72 bits per heavy atom. The predicted molar refractivity (Wildman–Crippen MR) is 184 cm³/mol. The van der Waals surface area contributed by atoms with Gasteiger partial charge in [0.1, 0.15) is 0 Å². The molecule has 0 bridgehead atoms. The van der Waals surface area contributed by atoms with Gasteiger partial charge >= 0.3 is 0 Å². The summed E-state index contributed by atoms with van der Waals surface area (Å²) in [6.07, 6.45) is 1.89. The molecular formula is C42H35N. The highest BCUT2D eigenvalue weighted by atomic mass is 15.1. The first kappa shape index (κ1) is 26.7. The van der Waals surface area contributed by atoms with Crippen molar-refractivity contribution < 1.29 is 0 Å². The highest BCUT2D eigenvalue weighted by molar-refractivity contribution is 5.86. The van der Waals surface area contributed by atoms with Gasteiger partial charge in [0, 0.05) is 22.5 Å². The van der Waals surface area contributed by atoms with E-state index < -0.39 is 0 Å². The maximum absolute atomic E-state index is 3.95. The van der Waals surface area contributed by atoms with Crippen LogP contribution < -0.4 is 4.90 Å². The number of fused-ring (bicyclic) bond motifs is 3. The maximum Gasteiger partial charge on any atom is 0.0465 e. The Morgan fingerprint density at radius 2 is 1.07 bits per heavy atom. The fourth-order valence-corrected chi connectivity index (χ4v) is 6.52. The Labute approximate surface area is 255 Å². The van der Waals surface area contributed by atoms with Gasteiger partial charge < -0.3 is 4.90 Å². The zero-order valence-corrected chi connectivity index (χ0v) is 25.0. The molecule has 0 amide bonds. The zero-order valence-electron chi connectivity index (χ0n) is 25.0. The molecule has 0 unspecified atom stereocenters. The molecule has 6 aromatic rings. The van der Waals surface area contributed by atoms with E-state index in [-0.39, 0.29) is 5.41 Å². The summed E-state index contributed by atoms with van der Waals surface area (Å²) in [7, 11) is 0. The lowest BCUT2D eigenvalue weighted by Crippen LogP contribution is -2.16. The number of hydrogen-bond acceptors (Lipinski definition) is 1. The van der Waals surface area contributed by atoms with Crippen LogP contribution in [0.4, 0.5) is 17.1 Å². The third-order valence-electron chi connectivity index (χ3n) is 8.91. The summed E-state index contributed by atoms with van der Waals surface area (Å²) in [4.78, 5) is 2.36. The quantitative estimate of drug-likeness (QED) is 0.198. The second kappa shape index (κ2) is 10.6. The molecular weight excluding hydrogens is 518 g/mol. The minimum absolute atomic E-state index is 0.0607. The van der Waals surface area contributed by atoms with Crippen LogP contribution in [0.2, 0.25) is 0 Å². The van der Waals surface area contributed by atoms with Crippen LogP contribution in [-0.4, -0.2) is 0 Å². The van der Waals surface area contributed by atoms with Crippen LogP contribution in [-0.2, 0) is 5.41 Å². The largest absolute Gasteiger partial charge is 0.310 e. The smallest absolute Gasteiger partial charge is 0.0465 e. The zero-order chi connectivity index (χ0) is 29.6. The van der Waals surface area contributed by atoms with E-state index in [2.05, 4.69) is 172 Å². The van der Waals surface area contributed by atoms with E-state index in [0.717, 1.165) is 22.6 Å². The van der Waals surface area contributed by atoms with Gasteiger partial charge in [-0.1, -0.05) is 135 Å². The molecule has 0 N–H and O–H groups in total. The highest BCUT2D eigenvalue weighted by Crippen LogP contribution is 2.50. The molecule has 0 saturated heterocycles. The van der Waals surface area contributed by atoms with E-state index in [1.165, 1.54) is 50.1 Å². The first-order chi connectivity index (χ1) is 20.9. The standard InChI is InChI=1S/C42H35N/c1-5-30-13-21-35(22-14-30)43(37-25-26-39-38-11-6-7-12-40(38)42(3,4)41(39)28-37)36-23-19-32(20-24-36)31-15-17-33(18-16-31)34-10-8-9-29(2)27-34/h5-28H,1H2,2-4H3. The van der Waals surface area contributed by atoms with Gasteiger partial charge in [0.25, 0.3) is 0 Å². The summed E-state index contributed by atoms with van der Waals surface area (Å²) in [5.74, 6) is 0. The molecule has 1 nitrogen and oxygen atoms in total. The predicted octanol–water partition coefficient (Wildman–Crippen LogP) is 11.7. The van der Waals surface area contributed by atoms with Crippen LogP contribution in [0.25, 0.3) is 39.5 Å². The number of anilines is 3. The SMILES string of the molecule is C=Cc1ccc(N(c2ccc(-c3ccc(-c4cccc(C)c4)cc3)cc2)c2ccc3c(c2)C(C)(C)c2ccccc2-3)cc1. The number of aryl methyl sites for hydroxylation is 1. The molecule has 1 aliphatic rings. The second-order valence-electron chi connectivity index (χ2n) is 12.0.